The predicted octanol–water partition coefficient (Wildman–Crippen LogP) is 4.64. The Morgan fingerprint density at radius 2 is 1.77 bits per heavy atom. The Hall–Kier alpha value is 0. The topological polar surface area (TPSA) is 0 Å². The SMILES string of the molecule is CCC(C)(C)CC1CCCCC1C. The van der Waals surface area contributed by atoms with E-state index >= 15 is 0 Å². The van der Waals surface area contributed by atoms with E-state index in [1.54, 1.807) is 0 Å². The fourth-order valence-corrected chi connectivity index (χ4v) is 2.55. The van der Waals surface area contributed by atoms with Crippen molar-refractivity contribution in [1.82, 2.24) is 0 Å². The van der Waals surface area contributed by atoms with Crippen LogP contribution in [0.25, 0.3) is 0 Å². The van der Waals surface area contributed by atoms with Gasteiger partial charge in [-0.2, -0.15) is 0 Å². The molecular formula is C13H26. The van der Waals surface area contributed by atoms with Crippen LogP contribution >= 0.6 is 0 Å². The third kappa shape index (κ3) is 3.32. The van der Waals surface area contributed by atoms with Gasteiger partial charge in [-0.1, -0.05) is 59.8 Å². The first-order valence-electron chi connectivity index (χ1n) is 6.05. The lowest BCUT2D eigenvalue weighted by Gasteiger charge is -2.35. The summed E-state index contributed by atoms with van der Waals surface area (Å²) in [5.41, 5.74) is 0.580. The van der Waals surface area contributed by atoms with E-state index in [9.17, 15) is 0 Å². The molecule has 0 aromatic carbocycles. The summed E-state index contributed by atoms with van der Waals surface area (Å²) in [5.74, 6) is 2.00. The summed E-state index contributed by atoms with van der Waals surface area (Å²) in [6.07, 6.45) is 8.70. The number of hydrogen-bond donors (Lipinski definition) is 0. The van der Waals surface area contributed by atoms with Crippen molar-refractivity contribution < 1.29 is 0 Å². The van der Waals surface area contributed by atoms with E-state index in [1.807, 2.05) is 0 Å². The highest BCUT2D eigenvalue weighted by atomic mass is 14.3. The molecule has 1 rings (SSSR count). The van der Waals surface area contributed by atoms with Gasteiger partial charge in [0.25, 0.3) is 0 Å². The second kappa shape index (κ2) is 4.48. The van der Waals surface area contributed by atoms with Crippen LogP contribution in [0.15, 0.2) is 0 Å². The van der Waals surface area contributed by atoms with Crippen LogP contribution < -0.4 is 0 Å². The van der Waals surface area contributed by atoms with Gasteiger partial charge in [-0.3, -0.25) is 0 Å². The van der Waals surface area contributed by atoms with Crippen LogP contribution in [-0.2, 0) is 0 Å². The zero-order valence-corrected chi connectivity index (χ0v) is 9.90. The number of hydrogen-bond acceptors (Lipinski definition) is 0. The van der Waals surface area contributed by atoms with Crippen LogP contribution in [0.2, 0.25) is 0 Å². The first-order chi connectivity index (χ1) is 6.05. The van der Waals surface area contributed by atoms with Gasteiger partial charge in [-0.25, -0.2) is 0 Å². The summed E-state index contributed by atoms with van der Waals surface area (Å²) in [4.78, 5) is 0. The van der Waals surface area contributed by atoms with Gasteiger partial charge in [0.15, 0.2) is 0 Å². The molecule has 1 aliphatic carbocycles. The monoisotopic (exact) mass is 182 g/mol. The molecule has 1 saturated carbocycles. The van der Waals surface area contributed by atoms with Gasteiger partial charge in [-0.05, 0) is 23.7 Å². The molecule has 0 heteroatoms. The lowest BCUT2D eigenvalue weighted by molar-refractivity contribution is 0.165. The van der Waals surface area contributed by atoms with Gasteiger partial charge in [-0.15, -0.1) is 0 Å². The molecule has 2 unspecified atom stereocenters. The van der Waals surface area contributed by atoms with E-state index in [4.69, 9.17) is 0 Å². The van der Waals surface area contributed by atoms with Gasteiger partial charge in [0, 0.05) is 0 Å². The van der Waals surface area contributed by atoms with Crippen molar-refractivity contribution in [2.45, 2.75) is 66.2 Å². The Balaban J connectivity index is 2.42. The van der Waals surface area contributed by atoms with E-state index in [1.165, 1.54) is 38.5 Å². The predicted molar refractivity (Wildman–Crippen MR) is 59.8 cm³/mol. The van der Waals surface area contributed by atoms with E-state index in [2.05, 4.69) is 27.7 Å². The normalized spacial score (nSPS) is 30.5. The van der Waals surface area contributed by atoms with Crippen LogP contribution in [-0.4, -0.2) is 0 Å². The molecule has 0 bridgehead atoms. The van der Waals surface area contributed by atoms with Gasteiger partial charge >= 0.3 is 0 Å². The smallest absolute Gasteiger partial charge is 0.0354 e. The lowest BCUT2D eigenvalue weighted by atomic mass is 9.71. The third-order valence-corrected chi connectivity index (χ3v) is 4.06. The maximum Gasteiger partial charge on any atom is -0.0354 e. The zero-order valence-electron chi connectivity index (χ0n) is 9.90. The van der Waals surface area contributed by atoms with Crippen LogP contribution in [0.3, 0.4) is 0 Å². The average Bonchev–Trinajstić information content (AvgIpc) is 2.09. The van der Waals surface area contributed by atoms with Crippen LogP contribution in [0.5, 0.6) is 0 Å². The third-order valence-electron chi connectivity index (χ3n) is 4.06. The molecule has 1 aliphatic rings. The molecule has 0 amide bonds. The second-order valence-corrected chi connectivity index (χ2v) is 5.74. The molecule has 0 aromatic heterocycles. The summed E-state index contributed by atoms with van der Waals surface area (Å²) in [5, 5.41) is 0. The van der Waals surface area contributed by atoms with Crippen molar-refractivity contribution in [3.05, 3.63) is 0 Å². The first kappa shape index (κ1) is 11.1. The largest absolute Gasteiger partial charge is 0.0649 e. The van der Waals surface area contributed by atoms with Crippen molar-refractivity contribution in [2.75, 3.05) is 0 Å². The Kier molecular flexibility index (Phi) is 3.82. The Bertz CT molecular complexity index is 146. The molecule has 13 heavy (non-hydrogen) atoms. The Morgan fingerprint density at radius 1 is 1.15 bits per heavy atom. The fourth-order valence-electron chi connectivity index (χ4n) is 2.55. The minimum atomic E-state index is 0.580. The van der Waals surface area contributed by atoms with Crippen molar-refractivity contribution in [3.8, 4) is 0 Å². The standard InChI is InChI=1S/C13H26/c1-5-13(3,4)10-12-9-7-6-8-11(12)2/h11-12H,5-10H2,1-4H3. The number of rotatable bonds is 3. The molecule has 0 spiro atoms. The molecule has 0 saturated heterocycles. The van der Waals surface area contributed by atoms with Gasteiger partial charge in [0.2, 0.25) is 0 Å². The van der Waals surface area contributed by atoms with Gasteiger partial charge < -0.3 is 0 Å². The Morgan fingerprint density at radius 3 is 2.31 bits per heavy atom. The second-order valence-electron chi connectivity index (χ2n) is 5.74. The van der Waals surface area contributed by atoms with Crippen molar-refractivity contribution in [2.24, 2.45) is 17.3 Å². The zero-order chi connectivity index (χ0) is 9.90. The summed E-state index contributed by atoms with van der Waals surface area (Å²) < 4.78 is 0. The molecule has 1 fully saturated rings. The summed E-state index contributed by atoms with van der Waals surface area (Å²) in [7, 11) is 0. The maximum absolute atomic E-state index is 2.45. The summed E-state index contributed by atoms with van der Waals surface area (Å²) in [6.45, 7) is 9.63. The van der Waals surface area contributed by atoms with E-state index in [-0.39, 0.29) is 0 Å². The van der Waals surface area contributed by atoms with Gasteiger partial charge in [0.1, 0.15) is 0 Å². The van der Waals surface area contributed by atoms with Crippen molar-refractivity contribution in [3.63, 3.8) is 0 Å². The molecule has 0 N–H and O–H groups in total. The minimum absolute atomic E-state index is 0.580. The molecule has 0 nitrogen and oxygen atoms in total. The Labute approximate surface area is 84.1 Å². The molecule has 0 aromatic rings. The van der Waals surface area contributed by atoms with Crippen LogP contribution in [0, 0.1) is 17.3 Å². The molecule has 0 heterocycles. The summed E-state index contributed by atoms with van der Waals surface area (Å²) >= 11 is 0. The van der Waals surface area contributed by atoms with Crippen LogP contribution in [0.4, 0.5) is 0 Å². The minimum Gasteiger partial charge on any atom is -0.0649 e. The molecule has 0 radical (unpaired) electrons. The lowest BCUT2D eigenvalue weighted by Crippen LogP contribution is -2.23. The van der Waals surface area contributed by atoms with Crippen molar-refractivity contribution >= 4 is 0 Å². The highest BCUT2D eigenvalue weighted by Gasteiger charge is 2.27. The molecular weight excluding hydrogens is 156 g/mol. The molecule has 2 atom stereocenters. The molecule has 0 aliphatic heterocycles. The highest BCUT2D eigenvalue weighted by molar-refractivity contribution is 4.78. The first-order valence-corrected chi connectivity index (χ1v) is 6.05. The maximum atomic E-state index is 2.45. The van der Waals surface area contributed by atoms with E-state index in [0.29, 0.717) is 5.41 Å². The van der Waals surface area contributed by atoms with E-state index < -0.39 is 0 Å². The quantitative estimate of drug-likeness (QED) is 0.596. The van der Waals surface area contributed by atoms with Gasteiger partial charge in [0.05, 0.1) is 0 Å². The summed E-state index contributed by atoms with van der Waals surface area (Å²) in [6, 6.07) is 0. The van der Waals surface area contributed by atoms with E-state index in [0.717, 1.165) is 11.8 Å². The van der Waals surface area contributed by atoms with Crippen LogP contribution in [0.1, 0.15) is 66.2 Å². The molecule has 78 valence electrons. The fraction of sp³-hybridized carbons (Fsp3) is 1.00. The van der Waals surface area contributed by atoms with Crippen molar-refractivity contribution in [1.29, 1.82) is 0 Å². The average molecular weight is 182 g/mol. The highest BCUT2D eigenvalue weighted by Crippen LogP contribution is 2.39.